The zero-order valence-corrected chi connectivity index (χ0v) is 15.7. The summed E-state index contributed by atoms with van der Waals surface area (Å²) in [6.07, 6.45) is -0.197. The van der Waals surface area contributed by atoms with E-state index in [2.05, 4.69) is 0 Å². The molecule has 2 aromatic heterocycles. The van der Waals surface area contributed by atoms with Gasteiger partial charge in [-0.25, -0.2) is 9.59 Å². The second kappa shape index (κ2) is 7.62. The van der Waals surface area contributed by atoms with Crippen LogP contribution in [0.3, 0.4) is 0 Å². The minimum absolute atomic E-state index is 0.00733. The summed E-state index contributed by atoms with van der Waals surface area (Å²) < 4.78 is 12.9. The van der Waals surface area contributed by atoms with Crippen LogP contribution in [0.15, 0.2) is 43.1 Å². The molecule has 11 heteroatoms. The van der Waals surface area contributed by atoms with Crippen molar-refractivity contribution in [1.29, 1.82) is 0 Å². The average molecular weight is 402 g/mol. The fourth-order valence-electron chi connectivity index (χ4n) is 2.84. The third kappa shape index (κ3) is 3.61. The standard InChI is InChI=1S/C18H18N4O7/c1-20-15(19)14(16(25)21(2)17(20)26)11(23)9-28-13(24)7-8-22-10-5-3-4-6-12(10)29-18(22)27/h3-6H,7-9,19H2,1-2H3. The number of rotatable bonds is 6. The van der Waals surface area contributed by atoms with Crippen LogP contribution in [-0.4, -0.2) is 32.1 Å². The molecule has 2 N–H and O–H groups in total. The molecule has 3 aromatic rings. The Morgan fingerprint density at radius 2 is 1.79 bits per heavy atom. The Hall–Kier alpha value is -3.89. The monoisotopic (exact) mass is 402 g/mol. The number of carbonyl (C=O) groups is 2. The van der Waals surface area contributed by atoms with Crippen LogP contribution >= 0.6 is 0 Å². The molecule has 0 saturated carbocycles. The number of para-hydroxylation sites is 2. The Balaban J connectivity index is 1.68. The summed E-state index contributed by atoms with van der Waals surface area (Å²) in [5.41, 5.74) is 4.63. The van der Waals surface area contributed by atoms with Crippen LogP contribution in [0.1, 0.15) is 16.8 Å². The van der Waals surface area contributed by atoms with Crippen molar-refractivity contribution in [2.45, 2.75) is 13.0 Å². The smallest absolute Gasteiger partial charge is 0.419 e. The Labute approximate surface area is 162 Å². The number of nitrogen functional groups attached to an aromatic ring is 1. The largest absolute Gasteiger partial charge is 0.457 e. The number of hydrogen-bond donors (Lipinski definition) is 1. The molecule has 2 heterocycles. The van der Waals surface area contributed by atoms with Gasteiger partial charge in [-0.1, -0.05) is 12.1 Å². The van der Waals surface area contributed by atoms with Gasteiger partial charge in [-0.05, 0) is 12.1 Å². The fraction of sp³-hybridized carbons (Fsp3) is 0.278. The van der Waals surface area contributed by atoms with Crippen LogP contribution in [0.2, 0.25) is 0 Å². The van der Waals surface area contributed by atoms with E-state index in [-0.39, 0.29) is 18.8 Å². The van der Waals surface area contributed by atoms with Crippen molar-refractivity contribution in [3.63, 3.8) is 0 Å². The van der Waals surface area contributed by atoms with Crippen molar-refractivity contribution in [2.75, 3.05) is 12.3 Å². The predicted molar refractivity (Wildman–Crippen MR) is 102 cm³/mol. The van der Waals surface area contributed by atoms with Gasteiger partial charge >= 0.3 is 17.4 Å². The minimum Gasteiger partial charge on any atom is -0.457 e. The highest BCUT2D eigenvalue weighted by atomic mass is 16.5. The molecule has 0 unspecified atom stereocenters. The van der Waals surface area contributed by atoms with Crippen LogP contribution in [0, 0.1) is 0 Å². The van der Waals surface area contributed by atoms with Gasteiger partial charge in [-0.15, -0.1) is 0 Å². The number of fused-ring (bicyclic) bond motifs is 1. The van der Waals surface area contributed by atoms with Crippen LogP contribution < -0.4 is 22.7 Å². The molecule has 1 aromatic carbocycles. The van der Waals surface area contributed by atoms with Gasteiger partial charge in [-0.3, -0.25) is 28.1 Å². The van der Waals surface area contributed by atoms with Crippen molar-refractivity contribution >= 4 is 28.7 Å². The SMILES string of the molecule is Cn1c(N)c(C(=O)COC(=O)CCn2c(=O)oc3ccccc32)c(=O)n(C)c1=O. The van der Waals surface area contributed by atoms with E-state index in [0.29, 0.717) is 11.1 Å². The molecular weight excluding hydrogens is 384 g/mol. The number of ether oxygens (including phenoxy) is 1. The van der Waals surface area contributed by atoms with Gasteiger partial charge in [0, 0.05) is 20.6 Å². The molecule has 152 valence electrons. The van der Waals surface area contributed by atoms with Crippen molar-refractivity contribution in [3.8, 4) is 0 Å². The van der Waals surface area contributed by atoms with E-state index in [1.807, 2.05) is 0 Å². The minimum atomic E-state index is -0.872. The van der Waals surface area contributed by atoms with Gasteiger partial charge in [0.05, 0.1) is 11.9 Å². The van der Waals surface area contributed by atoms with Crippen molar-refractivity contribution in [2.24, 2.45) is 14.1 Å². The number of carbonyl (C=O) groups excluding carboxylic acids is 2. The summed E-state index contributed by atoms with van der Waals surface area (Å²) in [4.78, 5) is 60.1. The van der Waals surface area contributed by atoms with Crippen molar-refractivity contribution in [3.05, 3.63) is 61.2 Å². The Bertz CT molecular complexity index is 1290. The Kier molecular flexibility index (Phi) is 5.22. The maximum atomic E-state index is 12.3. The first-order valence-electron chi connectivity index (χ1n) is 8.55. The molecule has 0 aliphatic rings. The summed E-state index contributed by atoms with van der Waals surface area (Å²) in [5, 5.41) is 0. The van der Waals surface area contributed by atoms with Gasteiger partial charge in [0.2, 0.25) is 5.78 Å². The van der Waals surface area contributed by atoms with E-state index >= 15 is 0 Å². The van der Waals surface area contributed by atoms with Gasteiger partial charge in [0.1, 0.15) is 11.4 Å². The van der Waals surface area contributed by atoms with Crippen molar-refractivity contribution < 1.29 is 18.7 Å². The maximum absolute atomic E-state index is 12.3. The molecule has 0 atom stereocenters. The predicted octanol–water partition coefficient (Wildman–Crippen LogP) is -0.610. The molecule has 29 heavy (non-hydrogen) atoms. The molecule has 0 bridgehead atoms. The normalized spacial score (nSPS) is 11.0. The Morgan fingerprint density at radius 3 is 2.52 bits per heavy atom. The average Bonchev–Trinajstić information content (AvgIpc) is 3.02. The fourth-order valence-corrected chi connectivity index (χ4v) is 2.84. The highest BCUT2D eigenvalue weighted by Crippen LogP contribution is 2.12. The van der Waals surface area contributed by atoms with Gasteiger partial charge < -0.3 is 14.9 Å². The Morgan fingerprint density at radius 1 is 1.10 bits per heavy atom. The lowest BCUT2D eigenvalue weighted by molar-refractivity contribution is -0.142. The summed E-state index contributed by atoms with van der Waals surface area (Å²) in [6.45, 7) is -0.732. The van der Waals surface area contributed by atoms with Gasteiger partial charge in [0.25, 0.3) is 5.56 Å². The zero-order chi connectivity index (χ0) is 21.3. The second-order valence-electron chi connectivity index (χ2n) is 6.29. The lowest BCUT2D eigenvalue weighted by Gasteiger charge is -2.11. The number of nitrogens with two attached hydrogens (primary N) is 1. The van der Waals surface area contributed by atoms with Gasteiger partial charge in [0.15, 0.2) is 12.2 Å². The summed E-state index contributed by atoms with van der Waals surface area (Å²) in [5.74, 6) is -2.51. The number of nitrogens with zero attached hydrogens (tertiary/aromatic N) is 3. The summed E-state index contributed by atoms with van der Waals surface area (Å²) >= 11 is 0. The van der Waals surface area contributed by atoms with Crippen LogP contribution in [0.5, 0.6) is 0 Å². The van der Waals surface area contributed by atoms with E-state index in [4.69, 9.17) is 14.9 Å². The number of oxazole rings is 1. The molecule has 11 nitrogen and oxygen atoms in total. The molecule has 3 rings (SSSR count). The first kappa shape index (κ1) is 19.9. The van der Waals surface area contributed by atoms with E-state index in [9.17, 15) is 24.0 Å². The highest BCUT2D eigenvalue weighted by Gasteiger charge is 2.21. The summed E-state index contributed by atoms with van der Waals surface area (Å²) in [6, 6.07) is 6.74. The highest BCUT2D eigenvalue weighted by molar-refractivity contribution is 6.01. The number of anilines is 1. The van der Waals surface area contributed by atoms with E-state index in [0.717, 1.165) is 9.13 Å². The van der Waals surface area contributed by atoms with Gasteiger partial charge in [-0.2, -0.15) is 0 Å². The third-order valence-electron chi connectivity index (χ3n) is 4.47. The number of hydrogen-bond acceptors (Lipinski definition) is 8. The topological polar surface area (TPSA) is 149 Å². The molecule has 0 radical (unpaired) electrons. The molecule has 0 aliphatic carbocycles. The van der Waals surface area contributed by atoms with E-state index in [1.165, 1.54) is 18.7 Å². The number of Topliss-reactive ketones (excluding diaryl/α,β-unsaturated/α-hetero) is 1. The molecular formula is C18H18N4O7. The number of aromatic nitrogens is 3. The number of ketones is 1. The van der Waals surface area contributed by atoms with Crippen molar-refractivity contribution in [1.82, 2.24) is 13.7 Å². The molecule has 0 saturated heterocycles. The molecule has 0 fully saturated rings. The zero-order valence-electron chi connectivity index (χ0n) is 15.7. The number of benzene rings is 1. The van der Waals surface area contributed by atoms with Crippen LogP contribution in [0.4, 0.5) is 5.82 Å². The number of aryl methyl sites for hydroxylation is 1. The molecule has 0 amide bonds. The van der Waals surface area contributed by atoms with E-state index < -0.39 is 40.9 Å². The first-order valence-corrected chi connectivity index (χ1v) is 8.55. The second-order valence-corrected chi connectivity index (χ2v) is 6.29. The lowest BCUT2D eigenvalue weighted by atomic mass is 10.2. The maximum Gasteiger partial charge on any atom is 0.419 e. The first-order chi connectivity index (χ1) is 13.7. The molecule has 0 aliphatic heterocycles. The molecule has 0 spiro atoms. The quantitative estimate of drug-likeness (QED) is 0.424. The van der Waals surface area contributed by atoms with Crippen LogP contribution in [-0.2, 0) is 30.2 Å². The third-order valence-corrected chi connectivity index (χ3v) is 4.47. The lowest BCUT2D eigenvalue weighted by Crippen LogP contribution is -2.42. The van der Waals surface area contributed by atoms with E-state index in [1.54, 1.807) is 24.3 Å². The number of esters is 1. The van der Waals surface area contributed by atoms with Crippen LogP contribution in [0.25, 0.3) is 11.1 Å². The summed E-state index contributed by atoms with van der Waals surface area (Å²) in [7, 11) is 2.52.